The Bertz CT molecular complexity index is 435. The third-order valence-corrected chi connectivity index (χ3v) is 1.67. The molecule has 0 aliphatic carbocycles. The zero-order valence-corrected chi connectivity index (χ0v) is 8.71. The van der Waals surface area contributed by atoms with Crippen molar-refractivity contribution in [3.63, 3.8) is 0 Å². The van der Waals surface area contributed by atoms with Gasteiger partial charge in [-0.15, -0.1) is 0 Å². The summed E-state index contributed by atoms with van der Waals surface area (Å²) in [7, 11) is 0. The van der Waals surface area contributed by atoms with Gasteiger partial charge in [0, 0.05) is 12.0 Å². The van der Waals surface area contributed by atoms with E-state index in [1.165, 1.54) is 0 Å². The predicted molar refractivity (Wildman–Crippen MR) is 61.0 cm³/mol. The van der Waals surface area contributed by atoms with E-state index in [0.29, 0.717) is 0 Å². The second kappa shape index (κ2) is 6.46. The maximum Gasteiger partial charge on any atom is 0.279 e. The van der Waals surface area contributed by atoms with Crippen molar-refractivity contribution in [2.75, 3.05) is 0 Å². The van der Waals surface area contributed by atoms with Gasteiger partial charge in [-0.3, -0.25) is 4.79 Å². The van der Waals surface area contributed by atoms with E-state index in [0.717, 1.165) is 18.4 Å². The molecule has 0 saturated heterocycles. The smallest absolute Gasteiger partial charge is 0.270 e. The molecule has 0 atom stereocenters. The minimum Gasteiger partial charge on any atom is -0.270 e. The molecular weight excluding hydrogens is 184 g/mol. The van der Waals surface area contributed by atoms with Gasteiger partial charge in [-0.2, -0.15) is 0 Å². The predicted octanol–water partition coefficient (Wildman–Crippen LogP) is 2.41. The lowest BCUT2D eigenvalue weighted by molar-refractivity contribution is -0.108. The average molecular weight is 196 g/mol. The Balaban J connectivity index is 2.60. The van der Waals surface area contributed by atoms with Crippen molar-refractivity contribution in [3.05, 3.63) is 35.9 Å². The first-order valence-corrected chi connectivity index (χ1v) is 4.93. The second-order valence-corrected chi connectivity index (χ2v) is 3.00. The Morgan fingerprint density at radius 1 is 1.20 bits per heavy atom. The third-order valence-electron chi connectivity index (χ3n) is 1.67. The van der Waals surface area contributed by atoms with E-state index >= 15 is 0 Å². The van der Waals surface area contributed by atoms with Gasteiger partial charge in [0.15, 0.2) is 0 Å². The molecule has 15 heavy (non-hydrogen) atoms. The highest BCUT2D eigenvalue weighted by atomic mass is 16.1. The Morgan fingerprint density at radius 3 is 2.60 bits per heavy atom. The topological polar surface area (TPSA) is 17.1 Å². The number of ketones is 1. The van der Waals surface area contributed by atoms with Crippen molar-refractivity contribution in [2.45, 2.75) is 19.8 Å². The van der Waals surface area contributed by atoms with E-state index in [9.17, 15) is 4.79 Å². The highest BCUT2D eigenvalue weighted by Gasteiger charge is 1.87. The van der Waals surface area contributed by atoms with Crippen molar-refractivity contribution in [2.24, 2.45) is 0 Å². The van der Waals surface area contributed by atoms with E-state index in [2.05, 4.69) is 23.7 Å². The monoisotopic (exact) mass is 196 g/mol. The summed E-state index contributed by atoms with van der Waals surface area (Å²) in [4.78, 5) is 11.1. The van der Waals surface area contributed by atoms with E-state index in [4.69, 9.17) is 0 Å². The first kappa shape index (κ1) is 11.1. The summed E-state index contributed by atoms with van der Waals surface area (Å²) in [6.45, 7) is 2.02. The van der Waals surface area contributed by atoms with E-state index < -0.39 is 0 Å². The van der Waals surface area contributed by atoms with Crippen LogP contribution in [0.1, 0.15) is 25.3 Å². The van der Waals surface area contributed by atoms with Crippen LogP contribution in [0.4, 0.5) is 0 Å². The molecule has 1 nitrogen and oxygen atoms in total. The van der Waals surface area contributed by atoms with Crippen LogP contribution in [0.5, 0.6) is 0 Å². The third kappa shape index (κ3) is 4.69. The van der Waals surface area contributed by atoms with Crippen LogP contribution >= 0.6 is 0 Å². The fourth-order valence-corrected chi connectivity index (χ4v) is 0.949. The molecule has 0 aliphatic heterocycles. The lowest BCUT2D eigenvalue weighted by Crippen LogP contribution is -1.86. The Labute approximate surface area is 90.5 Å². The summed E-state index contributed by atoms with van der Waals surface area (Å²) in [5, 5.41) is 0. The standard InChI is InChI=1S/C14H12O/c1-2-3-5-10-14(15)12-11-13-8-6-4-7-9-13/h4,6-9H,2-3H2,1H3. The molecule has 0 fully saturated rings. The van der Waals surface area contributed by atoms with Crippen molar-refractivity contribution in [3.8, 4) is 23.7 Å². The van der Waals surface area contributed by atoms with E-state index in [1.807, 2.05) is 37.3 Å². The van der Waals surface area contributed by atoms with Gasteiger partial charge in [-0.05, 0) is 30.4 Å². The number of rotatable bonds is 1. The van der Waals surface area contributed by atoms with Gasteiger partial charge in [0.25, 0.3) is 5.78 Å². The van der Waals surface area contributed by atoms with E-state index in [1.54, 1.807) is 0 Å². The Morgan fingerprint density at radius 2 is 1.93 bits per heavy atom. The number of hydrogen-bond acceptors (Lipinski definition) is 1. The lowest BCUT2D eigenvalue weighted by atomic mass is 10.2. The molecule has 1 rings (SSSR count). The minimum atomic E-state index is -0.313. The molecular formula is C14H12O. The Hall–Kier alpha value is -1.99. The minimum absolute atomic E-state index is 0.313. The second-order valence-electron chi connectivity index (χ2n) is 3.00. The van der Waals surface area contributed by atoms with Crippen molar-refractivity contribution in [1.29, 1.82) is 0 Å². The van der Waals surface area contributed by atoms with Crippen LogP contribution in [-0.4, -0.2) is 5.78 Å². The fourth-order valence-electron chi connectivity index (χ4n) is 0.949. The van der Waals surface area contributed by atoms with Crippen LogP contribution in [0.15, 0.2) is 30.3 Å². The molecule has 1 aromatic rings. The summed E-state index contributed by atoms with van der Waals surface area (Å²) in [5.74, 6) is 10.2. The molecule has 0 bridgehead atoms. The molecule has 0 unspecified atom stereocenters. The molecule has 74 valence electrons. The molecule has 0 radical (unpaired) electrons. The van der Waals surface area contributed by atoms with Crippen LogP contribution < -0.4 is 0 Å². The zero-order valence-electron chi connectivity index (χ0n) is 8.71. The zero-order chi connectivity index (χ0) is 10.9. The molecule has 0 saturated carbocycles. The normalized spacial score (nSPS) is 8.07. The van der Waals surface area contributed by atoms with Crippen LogP contribution in [0.25, 0.3) is 0 Å². The molecule has 0 amide bonds. The number of carbonyl (C=O) groups excluding carboxylic acids is 1. The van der Waals surface area contributed by atoms with Crippen molar-refractivity contribution in [1.82, 2.24) is 0 Å². The average Bonchev–Trinajstić information content (AvgIpc) is 2.28. The van der Waals surface area contributed by atoms with Gasteiger partial charge in [-0.25, -0.2) is 0 Å². The van der Waals surface area contributed by atoms with Crippen LogP contribution in [0.3, 0.4) is 0 Å². The first-order chi connectivity index (χ1) is 7.33. The number of hydrogen-bond donors (Lipinski definition) is 0. The molecule has 1 aromatic carbocycles. The highest BCUT2D eigenvalue weighted by Crippen LogP contribution is 1.94. The van der Waals surface area contributed by atoms with Gasteiger partial charge < -0.3 is 0 Å². The largest absolute Gasteiger partial charge is 0.279 e. The van der Waals surface area contributed by atoms with E-state index in [-0.39, 0.29) is 5.78 Å². The fraction of sp³-hybridized carbons (Fsp3) is 0.214. The highest BCUT2D eigenvalue weighted by molar-refractivity contribution is 6.09. The summed E-state index contributed by atoms with van der Waals surface area (Å²) >= 11 is 0. The number of unbranched alkanes of at least 4 members (excludes halogenated alkanes) is 1. The summed E-state index contributed by atoms with van der Waals surface area (Å²) in [5.41, 5.74) is 0.836. The van der Waals surface area contributed by atoms with Gasteiger partial charge in [0.05, 0.1) is 0 Å². The number of benzene rings is 1. The SMILES string of the molecule is CCCC#CC(=O)C#Cc1ccccc1. The Kier molecular flexibility index (Phi) is 4.78. The van der Waals surface area contributed by atoms with Gasteiger partial charge in [0.1, 0.15) is 0 Å². The maximum absolute atomic E-state index is 11.1. The number of Topliss-reactive ketones (excluding diaryl/α,β-unsaturated/α-hetero) is 1. The summed E-state index contributed by atoms with van der Waals surface area (Å²) < 4.78 is 0. The van der Waals surface area contributed by atoms with Crippen LogP contribution in [-0.2, 0) is 4.79 Å². The maximum atomic E-state index is 11.1. The summed E-state index contributed by atoms with van der Waals surface area (Å²) in [6.07, 6.45) is 1.71. The van der Waals surface area contributed by atoms with Gasteiger partial charge >= 0.3 is 0 Å². The molecule has 0 N–H and O–H groups in total. The molecule has 0 aromatic heterocycles. The molecule has 0 heterocycles. The quantitative estimate of drug-likeness (QED) is 0.498. The molecule has 0 spiro atoms. The van der Waals surface area contributed by atoms with Crippen LogP contribution in [0, 0.1) is 23.7 Å². The van der Waals surface area contributed by atoms with Crippen LogP contribution in [0.2, 0.25) is 0 Å². The van der Waals surface area contributed by atoms with Gasteiger partial charge in [0.2, 0.25) is 0 Å². The number of carbonyl (C=O) groups is 1. The van der Waals surface area contributed by atoms with Crippen molar-refractivity contribution >= 4 is 5.78 Å². The molecule has 0 aliphatic rings. The first-order valence-electron chi connectivity index (χ1n) is 4.93. The molecule has 1 heteroatoms. The van der Waals surface area contributed by atoms with Crippen molar-refractivity contribution < 1.29 is 4.79 Å². The lowest BCUT2D eigenvalue weighted by Gasteiger charge is -1.84. The summed E-state index contributed by atoms with van der Waals surface area (Å²) in [6, 6.07) is 9.40. The van der Waals surface area contributed by atoms with Gasteiger partial charge in [-0.1, -0.05) is 37.0 Å².